The number of pyridine rings is 2. The Morgan fingerprint density at radius 1 is 0.600 bits per heavy atom. The second-order valence-electron chi connectivity index (χ2n) is 11.6. The molecule has 219 valence electrons. The van der Waals surface area contributed by atoms with Gasteiger partial charge < -0.3 is 9.97 Å². The SMILES string of the molecule is CC1(C)c2c(-c3ccccn3)[c-]ccc2-c2ccc3ccccc3c21.[Ir].[c-]1cc2sc3ccccc3c2cc1-c1ccccn1. The van der Waals surface area contributed by atoms with E-state index in [0.29, 0.717) is 0 Å². The molecule has 0 saturated heterocycles. The summed E-state index contributed by atoms with van der Waals surface area (Å²) in [5.74, 6) is 0. The number of nitrogens with zero attached hydrogens (tertiary/aromatic N) is 2. The quantitative estimate of drug-likeness (QED) is 0.164. The fraction of sp³-hybridized carbons (Fsp3) is 0.0732. The van der Waals surface area contributed by atoms with Crippen molar-refractivity contribution in [2.24, 2.45) is 0 Å². The Hall–Kier alpha value is -4.47. The van der Waals surface area contributed by atoms with Crippen molar-refractivity contribution in [1.82, 2.24) is 9.97 Å². The van der Waals surface area contributed by atoms with Crippen molar-refractivity contribution in [3.05, 3.63) is 157 Å². The minimum atomic E-state index is -0.0872. The van der Waals surface area contributed by atoms with Gasteiger partial charge in [-0.1, -0.05) is 104 Å². The molecular formula is C41H28IrN2S-2. The van der Waals surface area contributed by atoms with E-state index >= 15 is 0 Å². The number of hydrogen-bond donors (Lipinski definition) is 0. The molecule has 0 fully saturated rings. The van der Waals surface area contributed by atoms with Gasteiger partial charge in [-0.2, -0.15) is 11.3 Å². The van der Waals surface area contributed by atoms with Gasteiger partial charge in [0.15, 0.2) is 0 Å². The third-order valence-electron chi connectivity index (χ3n) is 8.64. The standard InChI is InChI=1S/C24H18N.C17H10NS.Ir/c1-24(2)22-17-9-4-3-8-16(17)13-14-19(22)18-10-7-11-20(23(18)24)21-12-5-6-15-25-21;1-2-7-16-13(5-1)14-11-12(8-9-17(14)19-16)15-6-3-4-10-18-15;/h3-10,12-15H,1-2H3;1-7,9-11H;/q2*-1;. The zero-order chi connectivity index (χ0) is 29.7. The van der Waals surface area contributed by atoms with Crippen LogP contribution in [0.25, 0.3) is 64.6 Å². The van der Waals surface area contributed by atoms with Gasteiger partial charge in [-0.3, -0.25) is 0 Å². The molecule has 0 N–H and O–H groups in total. The summed E-state index contributed by atoms with van der Waals surface area (Å²) in [4.78, 5) is 8.98. The molecule has 0 amide bonds. The molecule has 3 aromatic heterocycles. The topological polar surface area (TPSA) is 25.8 Å². The van der Waals surface area contributed by atoms with Crippen molar-refractivity contribution in [3.8, 4) is 33.6 Å². The first kappa shape index (κ1) is 29.3. The molecule has 8 aromatic rings. The molecule has 5 aromatic carbocycles. The summed E-state index contributed by atoms with van der Waals surface area (Å²) in [7, 11) is 0. The van der Waals surface area contributed by atoms with Crippen molar-refractivity contribution in [1.29, 1.82) is 0 Å². The van der Waals surface area contributed by atoms with Crippen LogP contribution in [0.4, 0.5) is 0 Å². The van der Waals surface area contributed by atoms with Crippen LogP contribution in [0.5, 0.6) is 0 Å². The molecule has 0 bridgehead atoms. The Labute approximate surface area is 280 Å². The second kappa shape index (κ2) is 11.8. The van der Waals surface area contributed by atoms with Gasteiger partial charge in [0.25, 0.3) is 0 Å². The van der Waals surface area contributed by atoms with Gasteiger partial charge in [0, 0.05) is 37.2 Å². The van der Waals surface area contributed by atoms with Gasteiger partial charge >= 0.3 is 0 Å². The number of fused-ring (bicyclic) bond motifs is 8. The van der Waals surface area contributed by atoms with Crippen LogP contribution in [0.1, 0.15) is 25.0 Å². The van der Waals surface area contributed by atoms with Crippen LogP contribution in [0.2, 0.25) is 0 Å². The predicted octanol–water partition coefficient (Wildman–Crippen LogP) is 10.9. The summed E-state index contributed by atoms with van der Waals surface area (Å²) < 4.78 is 2.60. The van der Waals surface area contributed by atoms with E-state index < -0.39 is 0 Å². The zero-order valence-corrected chi connectivity index (χ0v) is 28.0. The first-order chi connectivity index (χ1) is 21.6. The summed E-state index contributed by atoms with van der Waals surface area (Å²) >= 11 is 1.81. The number of aromatic nitrogens is 2. The van der Waals surface area contributed by atoms with E-state index in [9.17, 15) is 0 Å². The molecule has 3 heterocycles. The van der Waals surface area contributed by atoms with Crippen molar-refractivity contribution in [2.45, 2.75) is 19.3 Å². The maximum atomic E-state index is 4.59. The van der Waals surface area contributed by atoms with Gasteiger partial charge in [0.1, 0.15) is 0 Å². The maximum Gasteiger partial charge on any atom is 0.0239 e. The molecule has 0 saturated carbocycles. The first-order valence-corrected chi connectivity index (χ1v) is 15.6. The Morgan fingerprint density at radius 2 is 1.29 bits per heavy atom. The summed E-state index contributed by atoms with van der Waals surface area (Å²) in [6, 6.07) is 49.0. The second-order valence-corrected chi connectivity index (χ2v) is 12.7. The van der Waals surface area contributed by atoms with Crippen LogP contribution in [0, 0.1) is 12.1 Å². The number of rotatable bonds is 2. The van der Waals surface area contributed by atoms with Gasteiger partial charge in [-0.15, -0.1) is 53.1 Å². The largest absolute Gasteiger partial charge is 0.305 e. The van der Waals surface area contributed by atoms with Crippen molar-refractivity contribution >= 4 is 42.3 Å². The average Bonchev–Trinajstić information content (AvgIpc) is 3.57. The summed E-state index contributed by atoms with van der Waals surface area (Å²) in [6.45, 7) is 4.65. The van der Waals surface area contributed by atoms with E-state index in [1.54, 1.807) is 0 Å². The van der Waals surface area contributed by atoms with E-state index in [2.05, 4.69) is 121 Å². The van der Waals surface area contributed by atoms with Crippen molar-refractivity contribution in [2.75, 3.05) is 0 Å². The van der Waals surface area contributed by atoms with Crippen LogP contribution in [0.15, 0.2) is 134 Å². The molecule has 0 unspecified atom stereocenters. The molecule has 1 radical (unpaired) electrons. The smallest absolute Gasteiger partial charge is 0.0239 e. The Morgan fingerprint density at radius 3 is 2.07 bits per heavy atom. The molecule has 2 nitrogen and oxygen atoms in total. The molecule has 9 rings (SSSR count). The number of benzene rings is 5. The molecule has 1 aliphatic carbocycles. The monoisotopic (exact) mass is 773 g/mol. The normalized spacial score (nSPS) is 12.7. The van der Waals surface area contributed by atoms with E-state index in [1.165, 1.54) is 53.2 Å². The summed E-state index contributed by atoms with van der Waals surface area (Å²) in [5, 5.41) is 5.24. The third-order valence-corrected chi connectivity index (χ3v) is 9.77. The Kier molecular flexibility index (Phi) is 7.67. The van der Waals surface area contributed by atoms with Crippen molar-refractivity contribution in [3.63, 3.8) is 0 Å². The van der Waals surface area contributed by atoms with Crippen LogP contribution in [0.3, 0.4) is 0 Å². The number of hydrogen-bond acceptors (Lipinski definition) is 3. The van der Waals surface area contributed by atoms with Crippen molar-refractivity contribution < 1.29 is 20.1 Å². The molecule has 0 aliphatic heterocycles. The minimum Gasteiger partial charge on any atom is -0.305 e. The average molecular weight is 773 g/mol. The van der Waals surface area contributed by atoms with E-state index in [4.69, 9.17) is 0 Å². The molecular weight excluding hydrogens is 745 g/mol. The van der Waals surface area contributed by atoms with E-state index in [0.717, 1.165) is 22.5 Å². The number of thiophene rings is 1. The molecule has 4 heteroatoms. The fourth-order valence-electron chi connectivity index (χ4n) is 6.72. The Balaban J connectivity index is 0.000000146. The Bertz CT molecular complexity index is 2310. The molecule has 45 heavy (non-hydrogen) atoms. The molecule has 1 aliphatic rings. The maximum absolute atomic E-state index is 4.59. The summed E-state index contributed by atoms with van der Waals surface area (Å²) in [6.07, 6.45) is 3.67. The summed E-state index contributed by atoms with van der Waals surface area (Å²) in [5.41, 5.74) is 9.44. The van der Waals surface area contributed by atoms with Gasteiger partial charge in [-0.25, -0.2) is 0 Å². The van der Waals surface area contributed by atoms with Crippen LogP contribution >= 0.6 is 11.3 Å². The minimum absolute atomic E-state index is 0. The zero-order valence-electron chi connectivity index (χ0n) is 24.8. The van der Waals surface area contributed by atoms with Crippen LogP contribution < -0.4 is 0 Å². The van der Waals surface area contributed by atoms with Gasteiger partial charge in [0.2, 0.25) is 0 Å². The molecule has 0 atom stereocenters. The van der Waals surface area contributed by atoms with E-state index in [1.807, 2.05) is 60.1 Å². The first-order valence-electron chi connectivity index (χ1n) is 14.8. The fourth-order valence-corrected chi connectivity index (χ4v) is 7.79. The van der Waals surface area contributed by atoms with Crippen LogP contribution in [-0.2, 0) is 25.5 Å². The third kappa shape index (κ3) is 5.00. The van der Waals surface area contributed by atoms with Crippen LogP contribution in [-0.4, -0.2) is 9.97 Å². The van der Waals surface area contributed by atoms with Gasteiger partial charge in [-0.05, 0) is 67.0 Å². The molecule has 0 spiro atoms. The predicted molar refractivity (Wildman–Crippen MR) is 185 cm³/mol. The van der Waals surface area contributed by atoms with E-state index in [-0.39, 0.29) is 25.5 Å². The van der Waals surface area contributed by atoms with Gasteiger partial charge in [0.05, 0.1) is 0 Å².